The number of anilines is 1. The van der Waals surface area contributed by atoms with E-state index in [4.69, 9.17) is 16.3 Å². The number of benzene rings is 1. The van der Waals surface area contributed by atoms with Crippen molar-refractivity contribution in [1.82, 2.24) is 4.90 Å². The first-order chi connectivity index (χ1) is 13.9. The highest BCUT2D eigenvalue weighted by molar-refractivity contribution is 7.12. The predicted molar refractivity (Wildman–Crippen MR) is 118 cm³/mol. The standard InChI is InChI=1S/C22H27ClN2O3S/c1-15(26)21-10-17(14-29-21)13-25-9-3-4-16(12-25)5-8-22(27)24-18-6-7-20(28-2)19(23)11-18/h6-7,10-11,14,16H,3-5,8-9,12-13H2,1-2H3,(H,24,27). The summed E-state index contributed by atoms with van der Waals surface area (Å²) in [4.78, 5) is 27.1. The van der Waals surface area contributed by atoms with Gasteiger partial charge in [0.15, 0.2) is 5.78 Å². The zero-order valence-electron chi connectivity index (χ0n) is 16.9. The molecule has 1 aromatic carbocycles. The van der Waals surface area contributed by atoms with Crippen molar-refractivity contribution in [3.05, 3.63) is 45.1 Å². The molecule has 156 valence electrons. The molecule has 2 aromatic rings. The Morgan fingerprint density at radius 1 is 1.34 bits per heavy atom. The topological polar surface area (TPSA) is 58.6 Å². The Balaban J connectivity index is 1.45. The van der Waals surface area contributed by atoms with Crippen molar-refractivity contribution in [3.63, 3.8) is 0 Å². The molecule has 1 aliphatic rings. The monoisotopic (exact) mass is 434 g/mol. The van der Waals surface area contributed by atoms with Gasteiger partial charge in [-0.3, -0.25) is 14.5 Å². The zero-order valence-corrected chi connectivity index (χ0v) is 18.4. The van der Waals surface area contributed by atoms with Crippen LogP contribution in [0.15, 0.2) is 29.6 Å². The van der Waals surface area contributed by atoms with Gasteiger partial charge in [-0.25, -0.2) is 0 Å². The van der Waals surface area contributed by atoms with Crippen LogP contribution >= 0.6 is 22.9 Å². The van der Waals surface area contributed by atoms with Crippen LogP contribution in [0.2, 0.25) is 5.02 Å². The number of rotatable bonds is 8. The molecule has 1 aromatic heterocycles. The van der Waals surface area contributed by atoms with E-state index in [1.165, 1.54) is 16.9 Å². The van der Waals surface area contributed by atoms with E-state index in [1.54, 1.807) is 32.2 Å². The van der Waals surface area contributed by atoms with Gasteiger partial charge in [0, 0.05) is 25.2 Å². The summed E-state index contributed by atoms with van der Waals surface area (Å²) in [7, 11) is 1.56. The third-order valence-corrected chi connectivity index (χ3v) is 6.60. The van der Waals surface area contributed by atoms with E-state index >= 15 is 0 Å². The molecule has 0 saturated carbocycles. The van der Waals surface area contributed by atoms with E-state index in [1.807, 2.05) is 6.07 Å². The van der Waals surface area contributed by atoms with Gasteiger partial charge in [0.05, 0.1) is 17.0 Å². The third-order valence-electron chi connectivity index (χ3n) is 5.23. The largest absolute Gasteiger partial charge is 0.495 e. The number of thiophene rings is 1. The van der Waals surface area contributed by atoms with Crippen molar-refractivity contribution in [1.29, 1.82) is 0 Å². The lowest BCUT2D eigenvalue weighted by Crippen LogP contribution is -2.35. The smallest absolute Gasteiger partial charge is 0.224 e. The molecule has 0 spiro atoms. The highest BCUT2D eigenvalue weighted by Gasteiger charge is 2.21. The number of amides is 1. The number of nitrogens with one attached hydrogen (secondary N) is 1. The van der Waals surface area contributed by atoms with Gasteiger partial charge in [0.25, 0.3) is 0 Å². The molecule has 1 saturated heterocycles. The minimum atomic E-state index is 0.00675. The lowest BCUT2D eigenvalue weighted by molar-refractivity contribution is -0.116. The van der Waals surface area contributed by atoms with Crippen molar-refractivity contribution in [2.24, 2.45) is 5.92 Å². The molecule has 0 bridgehead atoms. The number of Topliss-reactive ketones (excluding diaryl/α,β-unsaturated/α-hetero) is 1. The maximum Gasteiger partial charge on any atom is 0.224 e. The number of ether oxygens (including phenoxy) is 1. The van der Waals surface area contributed by atoms with Crippen LogP contribution in [0.1, 0.15) is 47.8 Å². The van der Waals surface area contributed by atoms with Crippen LogP contribution in [0.3, 0.4) is 0 Å². The normalized spacial score (nSPS) is 17.1. The van der Waals surface area contributed by atoms with Crippen LogP contribution in [0.5, 0.6) is 5.75 Å². The number of hydrogen-bond donors (Lipinski definition) is 1. The Bertz CT molecular complexity index is 867. The molecule has 3 rings (SSSR count). The summed E-state index contributed by atoms with van der Waals surface area (Å²) in [6, 6.07) is 7.25. The molecular weight excluding hydrogens is 408 g/mol. The number of ketones is 1. The zero-order chi connectivity index (χ0) is 20.8. The quantitative estimate of drug-likeness (QED) is 0.577. The van der Waals surface area contributed by atoms with Crippen LogP contribution in [-0.2, 0) is 11.3 Å². The van der Waals surface area contributed by atoms with Crippen LogP contribution in [0.25, 0.3) is 0 Å². The van der Waals surface area contributed by atoms with Crippen molar-refractivity contribution in [2.75, 3.05) is 25.5 Å². The number of piperidine rings is 1. The van der Waals surface area contributed by atoms with Crippen molar-refractivity contribution >= 4 is 40.3 Å². The lowest BCUT2D eigenvalue weighted by Gasteiger charge is -2.32. The SMILES string of the molecule is COc1ccc(NC(=O)CCC2CCCN(Cc3csc(C(C)=O)c3)C2)cc1Cl. The van der Waals surface area contributed by atoms with Gasteiger partial charge >= 0.3 is 0 Å². The third kappa shape index (κ3) is 6.29. The summed E-state index contributed by atoms with van der Waals surface area (Å²) in [6.07, 6.45) is 3.66. The second-order valence-electron chi connectivity index (χ2n) is 7.55. The lowest BCUT2D eigenvalue weighted by atomic mass is 9.93. The van der Waals surface area contributed by atoms with Crippen LogP contribution in [0.4, 0.5) is 5.69 Å². The molecule has 2 heterocycles. The summed E-state index contributed by atoms with van der Waals surface area (Å²) < 4.78 is 5.13. The van der Waals surface area contributed by atoms with Gasteiger partial charge in [-0.2, -0.15) is 0 Å². The number of carbonyl (C=O) groups excluding carboxylic acids is 2. The number of hydrogen-bond acceptors (Lipinski definition) is 5. The van der Waals surface area contributed by atoms with Gasteiger partial charge < -0.3 is 10.1 Å². The van der Waals surface area contributed by atoms with E-state index in [2.05, 4.69) is 15.6 Å². The van der Waals surface area contributed by atoms with E-state index < -0.39 is 0 Å². The van der Waals surface area contributed by atoms with Gasteiger partial charge in [-0.15, -0.1) is 11.3 Å². The number of halogens is 1. The molecule has 29 heavy (non-hydrogen) atoms. The minimum absolute atomic E-state index is 0.00675. The maximum absolute atomic E-state index is 12.3. The molecule has 1 unspecified atom stereocenters. The Morgan fingerprint density at radius 2 is 2.17 bits per heavy atom. The van der Waals surface area contributed by atoms with Crippen molar-refractivity contribution < 1.29 is 14.3 Å². The number of carbonyl (C=O) groups is 2. The van der Waals surface area contributed by atoms with Crippen molar-refractivity contribution in [3.8, 4) is 5.75 Å². The van der Waals surface area contributed by atoms with Crippen LogP contribution < -0.4 is 10.1 Å². The molecule has 1 aliphatic heterocycles. The van der Waals surface area contributed by atoms with E-state index in [0.29, 0.717) is 28.8 Å². The fraction of sp³-hybridized carbons (Fsp3) is 0.455. The molecule has 0 radical (unpaired) electrons. The summed E-state index contributed by atoms with van der Waals surface area (Å²) >= 11 is 7.63. The highest BCUT2D eigenvalue weighted by Crippen LogP contribution is 2.28. The Morgan fingerprint density at radius 3 is 2.86 bits per heavy atom. The highest BCUT2D eigenvalue weighted by atomic mass is 35.5. The molecular formula is C22H27ClN2O3S. The fourth-order valence-corrected chi connectivity index (χ4v) is 4.80. The molecule has 1 atom stereocenters. The molecule has 0 aliphatic carbocycles. The molecule has 7 heteroatoms. The van der Waals surface area contributed by atoms with E-state index in [0.717, 1.165) is 43.8 Å². The first kappa shape index (κ1) is 21.8. The summed E-state index contributed by atoms with van der Waals surface area (Å²) in [5.74, 6) is 1.24. The van der Waals surface area contributed by atoms with Gasteiger partial charge in [0.2, 0.25) is 5.91 Å². The fourth-order valence-electron chi connectivity index (χ4n) is 3.73. The predicted octanol–water partition coefficient (Wildman–Crippen LogP) is 5.24. The Kier molecular flexibility index (Phi) is 7.70. The van der Waals surface area contributed by atoms with Crippen LogP contribution in [-0.4, -0.2) is 36.8 Å². The van der Waals surface area contributed by atoms with E-state index in [-0.39, 0.29) is 11.7 Å². The average molecular weight is 435 g/mol. The summed E-state index contributed by atoms with van der Waals surface area (Å²) in [5.41, 5.74) is 1.89. The Hall–Kier alpha value is -1.89. The molecule has 1 amide bonds. The number of likely N-dealkylation sites (tertiary alicyclic amines) is 1. The van der Waals surface area contributed by atoms with Gasteiger partial charge in [0.1, 0.15) is 5.75 Å². The molecule has 5 nitrogen and oxygen atoms in total. The second kappa shape index (κ2) is 10.2. The number of methoxy groups -OCH3 is 1. The maximum atomic E-state index is 12.3. The second-order valence-corrected chi connectivity index (χ2v) is 8.87. The average Bonchev–Trinajstić information content (AvgIpc) is 3.16. The number of nitrogens with zero attached hydrogens (tertiary/aromatic N) is 1. The van der Waals surface area contributed by atoms with Gasteiger partial charge in [-0.1, -0.05) is 11.6 Å². The molecule has 1 N–H and O–H groups in total. The Labute approximate surface area is 181 Å². The molecule has 1 fully saturated rings. The van der Waals surface area contributed by atoms with Gasteiger partial charge in [-0.05, 0) is 73.9 Å². The van der Waals surface area contributed by atoms with E-state index in [9.17, 15) is 9.59 Å². The van der Waals surface area contributed by atoms with Crippen LogP contribution in [0, 0.1) is 5.92 Å². The minimum Gasteiger partial charge on any atom is -0.495 e. The first-order valence-corrected chi connectivity index (χ1v) is 11.1. The van der Waals surface area contributed by atoms with Crippen molar-refractivity contribution in [2.45, 2.75) is 39.2 Å². The summed E-state index contributed by atoms with van der Waals surface area (Å²) in [5, 5.41) is 5.47. The first-order valence-electron chi connectivity index (χ1n) is 9.88. The summed E-state index contributed by atoms with van der Waals surface area (Å²) in [6.45, 7) is 4.54.